The zero-order valence-electron chi connectivity index (χ0n) is 9.95. The van der Waals surface area contributed by atoms with E-state index in [-0.39, 0.29) is 4.21 Å². The summed E-state index contributed by atoms with van der Waals surface area (Å²) >= 11 is 4.16. The molecule has 1 atom stereocenters. The Morgan fingerprint density at radius 2 is 1.85 bits per heavy atom. The summed E-state index contributed by atoms with van der Waals surface area (Å²) < 4.78 is 27.1. The molecule has 0 aliphatic heterocycles. The minimum atomic E-state index is -3.91. The molecule has 0 amide bonds. The number of hydrogen-bond donors (Lipinski definition) is 1. The molecule has 0 saturated heterocycles. The van der Waals surface area contributed by atoms with Crippen LogP contribution < -0.4 is 9.83 Å². The first kappa shape index (κ1) is 15.2. The van der Waals surface area contributed by atoms with E-state index in [9.17, 15) is 18.3 Å². The second kappa shape index (κ2) is 6.04. The van der Waals surface area contributed by atoms with Gasteiger partial charge in [-0.05, 0) is 33.6 Å². The van der Waals surface area contributed by atoms with Gasteiger partial charge in [0.2, 0.25) is 0 Å². The number of carbonyl (C=O) groups is 1. The number of carboxylic acids is 1. The predicted octanol–water partition coefficient (Wildman–Crippen LogP) is 1.28. The zero-order chi connectivity index (χ0) is 14.8. The summed E-state index contributed by atoms with van der Waals surface area (Å²) in [6.45, 7) is 0. The number of carbonyl (C=O) groups excluding carboxylic acids is 1. The number of carboxylic acid groups (broad SMARTS) is 1. The molecule has 0 spiro atoms. The van der Waals surface area contributed by atoms with Gasteiger partial charge in [-0.3, -0.25) is 0 Å². The van der Waals surface area contributed by atoms with E-state index in [0.29, 0.717) is 9.35 Å². The van der Waals surface area contributed by atoms with Crippen LogP contribution in [-0.2, 0) is 14.8 Å². The second-order valence-electron chi connectivity index (χ2n) is 3.84. The van der Waals surface area contributed by atoms with E-state index in [0.717, 1.165) is 11.3 Å². The van der Waals surface area contributed by atoms with Gasteiger partial charge in [0.05, 0.1) is 15.8 Å². The van der Waals surface area contributed by atoms with Gasteiger partial charge in [-0.25, -0.2) is 8.42 Å². The summed E-state index contributed by atoms with van der Waals surface area (Å²) in [6, 6.07) is 9.55. The van der Waals surface area contributed by atoms with Crippen LogP contribution in [0.15, 0.2) is 50.5 Å². The van der Waals surface area contributed by atoms with Crippen LogP contribution in [0, 0.1) is 0 Å². The predicted molar refractivity (Wildman–Crippen MR) is 76.5 cm³/mol. The number of rotatable bonds is 5. The quantitative estimate of drug-likeness (QED) is 0.853. The number of hydrogen-bond acceptors (Lipinski definition) is 5. The average molecular weight is 375 g/mol. The molecule has 2 rings (SSSR count). The molecule has 0 radical (unpaired) electrons. The van der Waals surface area contributed by atoms with E-state index in [4.69, 9.17) is 0 Å². The van der Waals surface area contributed by atoms with Gasteiger partial charge in [-0.2, -0.15) is 4.72 Å². The van der Waals surface area contributed by atoms with Crippen LogP contribution >= 0.6 is 27.3 Å². The molecule has 106 valence electrons. The van der Waals surface area contributed by atoms with E-state index >= 15 is 0 Å². The van der Waals surface area contributed by atoms with Gasteiger partial charge in [0.15, 0.2) is 0 Å². The fourth-order valence-corrected chi connectivity index (χ4v) is 4.75. The van der Waals surface area contributed by atoms with Crippen LogP contribution in [0.4, 0.5) is 0 Å². The van der Waals surface area contributed by atoms with Gasteiger partial charge < -0.3 is 9.90 Å². The normalized spacial score (nSPS) is 13.1. The number of halogens is 1. The first-order chi connectivity index (χ1) is 9.40. The Kier molecular flexibility index (Phi) is 4.59. The maximum atomic E-state index is 12.1. The van der Waals surface area contributed by atoms with Gasteiger partial charge in [0.1, 0.15) is 4.21 Å². The van der Waals surface area contributed by atoms with Gasteiger partial charge >= 0.3 is 0 Å². The van der Waals surface area contributed by atoms with E-state index in [1.165, 1.54) is 18.2 Å². The molecule has 8 heteroatoms. The molecule has 1 aromatic carbocycles. The molecule has 20 heavy (non-hydrogen) atoms. The first-order valence-corrected chi connectivity index (χ1v) is 8.53. The van der Waals surface area contributed by atoms with Crippen LogP contribution in [-0.4, -0.2) is 14.4 Å². The number of aliphatic carboxylic acids is 1. The highest BCUT2D eigenvalue weighted by Gasteiger charge is 2.23. The molecule has 1 unspecified atom stereocenters. The van der Waals surface area contributed by atoms with Crippen LogP contribution in [0.1, 0.15) is 11.6 Å². The smallest absolute Gasteiger partial charge is 0.250 e. The van der Waals surface area contributed by atoms with Crippen molar-refractivity contribution in [3.63, 3.8) is 0 Å². The number of sulfonamides is 1. The molecular weight excluding hydrogens is 366 g/mol. The lowest BCUT2D eigenvalue weighted by Crippen LogP contribution is -2.41. The highest BCUT2D eigenvalue weighted by molar-refractivity contribution is 9.11. The molecule has 0 saturated carbocycles. The third-order valence-electron chi connectivity index (χ3n) is 2.46. The maximum Gasteiger partial charge on any atom is 0.250 e. The van der Waals surface area contributed by atoms with Crippen LogP contribution in [0.5, 0.6) is 0 Å². The fraction of sp³-hybridized carbons (Fsp3) is 0.0833. The van der Waals surface area contributed by atoms with E-state index in [2.05, 4.69) is 20.7 Å². The van der Waals surface area contributed by atoms with Crippen molar-refractivity contribution >= 4 is 43.3 Å². The summed E-state index contributed by atoms with van der Waals surface area (Å²) in [5.41, 5.74) is 0.312. The van der Waals surface area contributed by atoms with Gasteiger partial charge in [0.25, 0.3) is 10.0 Å². The third-order valence-corrected chi connectivity index (χ3v) is 5.99. The monoisotopic (exact) mass is 374 g/mol. The van der Waals surface area contributed by atoms with Crippen LogP contribution in [0.3, 0.4) is 0 Å². The van der Waals surface area contributed by atoms with Gasteiger partial charge in [0, 0.05) is 0 Å². The summed E-state index contributed by atoms with van der Waals surface area (Å²) in [5, 5.41) is 11.2. The highest BCUT2D eigenvalue weighted by Crippen LogP contribution is 2.27. The highest BCUT2D eigenvalue weighted by atomic mass is 79.9. The Balaban J connectivity index is 2.32. The summed E-state index contributed by atoms with van der Waals surface area (Å²) in [6.07, 6.45) is 0. The van der Waals surface area contributed by atoms with Crippen LogP contribution in [0.2, 0.25) is 0 Å². The molecular formula is C12H9BrNO4S2-. The molecule has 0 bridgehead atoms. The third kappa shape index (κ3) is 3.45. The van der Waals surface area contributed by atoms with Crippen molar-refractivity contribution in [3.05, 3.63) is 51.8 Å². The maximum absolute atomic E-state index is 12.1. The largest absolute Gasteiger partial charge is 0.548 e. The molecule has 0 aliphatic rings. The Labute approximate surface area is 128 Å². The standard InChI is InChI=1S/C12H10BrNO4S2/c13-9-6-7-10(19-9)20(17,18)14-11(12(15)16)8-4-2-1-3-5-8/h1-7,11,14H,(H,15,16)/p-1. The van der Waals surface area contributed by atoms with E-state index in [1.54, 1.807) is 24.3 Å². The van der Waals surface area contributed by atoms with E-state index < -0.39 is 22.0 Å². The van der Waals surface area contributed by atoms with Crippen molar-refractivity contribution in [2.45, 2.75) is 10.3 Å². The van der Waals surface area contributed by atoms with Gasteiger partial charge in [-0.1, -0.05) is 30.3 Å². The lowest BCUT2D eigenvalue weighted by atomic mass is 10.1. The Morgan fingerprint density at radius 3 is 2.35 bits per heavy atom. The molecule has 1 aromatic heterocycles. The molecule has 0 fully saturated rings. The Hall–Kier alpha value is -1.22. The lowest BCUT2D eigenvalue weighted by molar-refractivity contribution is -0.308. The number of nitrogens with one attached hydrogen (secondary N) is 1. The molecule has 0 aliphatic carbocycles. The van der Waals surface area contributed by atoms with Gasteiger partial charge in [-0.15, -0.1) is 11.3 Å². The van der Waals surface area contributed by atoms with Crippen molar-refractivity contribution in [2.75, 3.05) is 0 Å². The zero-order valence-corrected chi connectivity index (χ0v) is 13.2. The number of benzene rings is 1. The summed E-state index contributed by atoms with van der Waals surface area (Å²) in [7, 11) is -3.91. The average Bonchev–Trinajstić information content (AvgIpc) is 2.84. The summed E-state index contributed by atoms with van der Waals surface area (Å²) in [5.74, 6) is -1.50. The van der Waals surface area contributed by atoms with Crippen molar-refractivity contribution in [1.82, 2.24) is 4.72 Å². The van der Waals surface area contributed by atoms with Crippen molar-refractivity contribution < 1.29 is 18.3 Å². The molecule has 1 N–H and O–H groups in total. The Morgan fingerprint density at radius 1 is 1.20 bits per heavy atom. The topological polar surface area (TPSA) is 86.3 Å². The van der Waals surface area contributed by atoms with Crippen LogP contribution in [0.25, 0.3) is 0 Å². The SMILES string of the molecule is O=C([O-])C(NS(=O)(=O)c1ccc(Br)s1)c1ccccc1. The van der Waals surface area contributed by atoms with Crippen molar-refractivity contribution in [2.24, 2.45) is 0 Å². The minimum Gasteiger partial charge on any atom is -0.548 e. The molecule has 5 nitrogen and oxygen atoms in total. The number of thiophene rings is 1. The van der Waals surface area contributed by atoms with Crippen molar-refractivity contribution in [1.29, 1.82) is 0 Å². The van der Waals surface area contributed by atoms with Crippen molar-refractivity contribution in [3.8, 4) is 0 Å². The first-order valence-electron chi connectivity index (χ1n) is 5.43. The molecule has 1 heterocycles. The Bertz CT molecular complexity index is 712. The summed E-state index contributed by atoms with van der Waals surface area (Å²) in [4.78, 5) is 11.2. The molecule has 2 aromatic rings. The lowest BCUT2D eigenvalue weighted by Gasteiger charge is -2.19. The van der Waals surface area contributed by atoms with E-state index in [1.807, 2.05) is 0 Å². The fourth-order valence-electron chi connectivity index (χ4n) is 1.55. The minimum absolute atomic E-state index is 0.0338. The second-order valence-corrected chi connectivity index (χ2v) is 8.25.